The van der Waals surface area contributed by atoms with Crippen molar-refractivity contribution in [3.05, 3.63) is 53.7 Å². The number of hydrogen-bond acceptors (Lipinski definition) is 2. The first-order valence-corrected chi connectivity index (χ1v) is 5.14. The van der Waals surface area contributed by atoms with E-state index in [-0.39, 0.29) is 0 Å². The van der Waals surface area contributed by atoms with Crippen LogP contribution in [0.1, 0.15) is 5.56 Å². The third-order valence-electron chi connectivity index (χ3n) is 1.86. The highest BCUT2D eigenvalue weighted by Gasteiger charge is 1.98. The van der Waals surface area contributed by atoms with E-state index >= 15 is 0 Å². The van der Waals surface area contributed by atoms with Crippen LogP contribution in [0.2, 0.25) is 0 Å². The summed E-state index contributed by atoms with van der Waals surface area (Å²) in [5.74, 6) is 0. The average Bonchev–Trinajstić information content (AvgIpc) is 2.72. The van der Waals surface area contributed by atoms with Gasteiger partial charge in [0.25, 0.3) is 0 Å². The fraction of sp³-hybridized carbons (Fsp3) is 0. The second-order valence-electron chi connectivity index (χ2n) is 2.81. The molecule has 1 aromatic heterocycles. The molecule has 0 aliphatic heterocycles. The molecule has 0 saturated carbocycles. The summed E-state index contributed by atoms with van der Waals surface area (Å²) in [6.45, 7) is 3.54. The normalized spacial score (nSPS) is 9.43. The molecule has 0 atom stereocenters. The SMILES string of the molecule is C=C=Cc1ccc(-c2nccs2)cc1. The maximum atomic E-state index is 4.24. The Morgan fingerprint density at radius 3 is 2.64 bits per heavy atom. The van der Waals surface area contributed by atoms with Gasteiger partial charge in [0.1, 0.15) is 5.01 Å². The molecule has 0 aliphatic carbocycles. The summed E-state index contributed by atoms with van der Waals surface area (Å²) in [6.07, 6.45) is 3.67. The Labute approximate surface area is 87.1 Å². The van der Waals surface area contributed by atoms with Gasteiger partial charge < -0.3 is 0 Å². The van der Waals surface area contributed by atoms with E-state index in [9.17, 15) is 0 Å². The van der Waals surface area contributed by atoms with Gasteiger partial charge in [-0.2, -0.15) is 0 Å². The highest BCUT2D eigenvalue weighted by atomic mass is 32.1. The van der Waals surface area contributed by atoms with Crippen molar-refractivity contribution in [3.8, 4) is 10.6 Å². The van der Waals surface area contributed by atoms with Crippen molar-refractivity contribution in [1.82, 2.24) is 4.98 Å². The first-order chi connectivity index (χ1) is 6.90. The second-order valence-corrected chi connectivity index (χ2v) is 3.70. The Morgan fingerprint density at radius 1 is 1.29 bits per heavy atom. The van der Waals surface area contributed by atoms with Gasteiger partial charge in [0.15, 0.2) is 0 Å². The first-order valence-electron chi connectivity index (χ1n) is 4.26. The summed E-state index contributed by atoms with van der Waals surface area (Å²) in [4.78, 5) is 4.24. The Balaban J connectivity index is 2.35. The largest absolute Gasteiger partial charge is 0.245 e. The molecule has 2 heteroatoms. The van der Waals surface area contributed by atoms with Crippen LogP contribution in [-0.2, 0) is 0 Å². The molecular formula is C12H9NS. The zero-order valence-corrected chi connectivity index (χ0v) is 8.42. The van der Waals surface area contributed by atoms with Crippen molar-refractivity contribution >= 4 is 17.4 Å². The molecule has 0 unspecified atom stereocenters. The minimum Gasteiger partial charge on any atom is -0.245 e. The van der Waals surface area contributed by atoms with E-state index in [2.05, 4.69) is 29.4 Å². The van der Waals surface area contributed by atoms with Gasteiger partial charge >= 0.3 is 0 Å². The van der Waals surface area contributed by atoms with Crippen molar-refractivity contribution < 1.29 is 0 Å². The smallest absolute Gasteiger partial charge is 0.123 e. The Morgan fingerprint density at radius 2 is 2.07 bits per heavy atom. The van der Waals surface area contributed by atoms with Gasteiger partial charge in [-0.1, -0.05) is 30.8 Å². The molecule has 0 spiro atoms. The third-order valence-corrected chi connectivity index (χ3v) is 2.68. The maximum absolute atomic E-state index is 4.24. The lowest BCUT2D eigenvalue weighted by Crippen LogP contribution is -1.75. The zero-order valence-electron chi connectivity index (χ0n) is 7.60. The van der Waals surface area contributed by atoms with Crippen molar-refractivity contribution in [3.63, 3.8) is 0 Å². The number of rotatable bonds is 2. The van der Waals surface area contributed by atoms with E-state index in [0.29, 0.717) is 0 Å². The molecule has 0 amide bonds. The monoisotopic (exact) mass is 199 g/mol. The van der Waals surface area contributed by atoms with E-state index in [1.807, 2.05) is 29.8 Å². The number of hydrogen-bond donors (Lipinski definition) is 0. The van der Waals surface area contributed by atoms with Crippen LogP contribution in [0.15, 0.2) is 48.2 Å². The molecule has 1 nitrogen and oxygen atoms in total. The molecule has 14 heavy (non-hydrogen) atoms. The van der Waals surface area contributed by atoms with Crippen LogP contribution in [0, 0.1) is 0 Å². The Hall–Kier alpha value is -1.63. The molecule has 0 saturated heterocycles. The van der Waals surface area contributed by atoms with Crippen molar-refractivity contribution in [2.45, 2.75) is 0 Å². The van der Waals surface area contributed by atoms with E-state index in [1.165, 1.54) is 0 Å². The van der Waals surface area contributed by atoms with Crippen LogP contribution in [-0.4, -0.2) is 4.98 Å². The number of nitrogens with zero attached hydrogens (tertiary/aromatic N) is 1. The molecule has 1 heterocycles. The molecule has 0 N–H and O–H groups in total. The minimum atomic E-state index is 1.05. The van der Waals surface area contributed by atoms with Crippen LogP contribution in [0.5, 0.6) is 0 Å². The van der Waals surface area contributed by atoms with Gasteiger partial charge in [-0.05, 0) is 11.6 Å². The molecular weight excluding hydrogens is 190 g/mol. The molecule has 0 fully saturated rings. The lowest BCUT2D eigenvalue weighted by Gasteiger charge is -1.96. The molecule has 68 valence electrons. The second kappa shape index (κ2) is 4.05. The lowest BCUT2D eigenvalue weighted by atomic mass is 10.1. The van der Waals surface area contributed by atoms with Gasteiger partial charge in [-0.15, -0.1) is 17.1 Å². The molecule has 2 aromatic rings. The first kappa shape index (κ1) is 8.95. The van der Waals surface area contributed by atoms with Gasteiger partial charge in [0.05, 0.1) is 0 Å². The van der Waals surface area contributed by atoms with E-state index in [1.54, 1.807) is 11.3 Å². The summed E-state index contributed by atoms with van der Waals surface area (Å²) >= 11 is 1.65. The quantitative estimate of drug-likeness (QED) is 0.673. The van der Waals surface area contributed by atoms with E-state index in [4.69, 9.17) is 0 Å². The van der Waals surface area contributed by atoms with Crippen LogP contribution in [0.25, 0.3) is 16.6 Å². The fourth-order valence-corrected chi connectivity index (χ4v) is 1.85. The Bertz CT molecular complexity index is 448. The average molecular weight is 199 g/mol. The predicted molar refractivity (Wildman–Crippen MR) is 61.2 cm³/mol. The van der Waals surface area contributed by atoms with E-state index in [0.717, 1.165) is 16.1 Å². The number of benzene rings is 1. The summed E-state index contributed by atoms with van der Waals surface area (Å²) in [5, 5.41) is 3.03. The van der Waals surface area contributed by atoms with Crippen molar-refractivity contribution in [2.75, 3.05) is 0 Å². The lowest BCUT2D eigenvalue weighted by molar-refractivity contribution is 1.41. The molecule has 0 bridgehead atoms. The summed E-state index contributed by atoms with van der Waals surface area (Å²) in [5.41, 5.74) is 5.02. The highest BCUT2D eigenvalue weighted by Crippen LogP contribution is 2.21. The van der Waals surface area contributed by atoms with Gasteiger partial charge in [0.2, 0.25) is 0 Å². The summed E-state index contributed by atoms with van der Waals surface area (Å²) in [6, 6.07) is 8.19. The van der Waals surface area contributed by atoms with E-state index < -0.39 is 0 Å². The zero-order chi connectivity index (χ0) is 9.80. The van der Waals surface area contributed by atoms with Crippen molar-refractivity contribution in [2.24, 2.45) is 0 Å². The van der Waals surface area contributed by atoms with Crippen LogP contribution >= 0.6 is 11.3 Å². The maximum Gasteiger partial charge on any atom is 0.123 e. The Kier molecular flexibility index (Phi) is 2.59. The topological polar surface area (TPSA) is 12.9 Å². The van der Waals surface area contributed by atoms with Crippen LogP contribution in [0.3, 0.4) is 0 Å². The van der Waals surface area contributed by atoms with Gasteiger partial charge in [-0.3, -0.25) is 0 Å². The molecule has 0 aliphatic rings. The highest BCUT2D eigenvalue weighted by molar-refractivity contribution is 7.13. The van der Waals surface area contributed by atoms with Crippen molar-refractivity contribution in [1.29, 1.82) is 0 Å². The van der Waals surface area contributed by atoms with Crippen LogP contribution < -0.4 is 0 Å². The molecule has 1 aromatic carbocycles. The van der Waals surface area contributed by atoms with Gasteiger partial charge in [-0.25, -0.2) is 4.98 Å². The third kappa shape index (κ3) is 1.82. The fourth-order valence-electron chi connectivity index (χ4n) is 1.21. The standard InChI is InChI=1S/C12H9NS/c1-2-3-10-4-6-11(7-5-10)12-13-8-9-14-12/h3-9H,1H2. The summed E-state index contributed by atoms with van der Waals surface area (Å²) in [7, 11) is 0. The predicted octanol–water partition coefficient (Wildman–Crippen LogP) is 3.61. The molecule has 2 rings (SSSR count). The van der Waals surface area contributed by atoms with Crippen LogP contribution in [0.4, 0.5) is 0 Å². The number of aromatic nitrogens is 1. The minimum absolute atomic E-state index is 1.05. The van der Waals surface area contributed by atoms with Gasteiger partial charge in [0, 0.05) is 17.1 Å². The number of thiazole rings is 1. The molecule has 0 radical (unpaired) electrons. The summed E-state index contributed by atoms with van der Waals surface area (Å²) < 4.78 is 0.